The van der Waals surface area contributed by atoms with Crippen LogP contribution in [0.2, 0.25) is 0 Å². The first-order valence-corrected chi connectivity index (χ1v) is 5.99. The quantitative estimate of drug-likeness (QED) is 0.753. The molecule has 0 spiro atoms. The Labute approximate surface area is 96.6 Å². The fourth-order valence-corrected chi connectivity index (χ4v) is 2.05. The first-order valence-electron chi connectivity index (χ1n) is 5.99. The van der Waals surface area contributed by atoms with Gasteiger partial charge in [-0.3, -0.25) is 4.90 Å². The van der Waals surface area contributed by atoms with Crippen molar-refractivity contribution >= 4 is 6.08 Å². The summed E-state index contributed by atoms with van der Waals surface area (Å²) in [5, 5.41) is 0. The SMILES string of the molecule is Fc1ccc(C=CCN2CCCCC2)cc1. The molecule has 0 saturated carbocycles. The number of benzene rings is 1. The molecule has 16 heavy (non-hydrogen) atoms. The second kappa shape index (κ2) is 5.80. The van der Waals surface area contributed by atoms with Crippen LogP contribution in [0.3, 0.4) is 0 Å². The molecule has 86 valence electrons. The summed E-state index contributed by atoms with van der Waals surface area (Å²) in [6.07, 6.45) is 8.25. The predicted octanol–water partition coefficient (Wildman–Crippen LogP) is 3.32. The largest absolute Gasteiger partial charge is 0.300 e. The van der Waals surface area contributed by atoms with E-state index >= 15 is 0 Å². The molecule has 0 aliphatic carbocycles. The van der Waals surface area contributed by atoms with Crippen LogP contribution < -0.4 is 0 Å². The molecule has 0 atom stereocenters. The molecule has 1 aliphatic heterocycles. The molecule has 0 radical (unpaired) electrons. The molecule has 0 aromatic heterocycles. The Bertz CT molecular complexity index is 336. The number of piperidine rings is 1. The number of hydrogen-bond acceptors (Lipinski definition) is 1. The molecule has 1 aliphatic rings. The monoisotopic (exact) mass is 219 g/mol. The Morgan fingerprint density at radius 3 is 2.44 bits per heavy atom. The van der Waals surface area contributed by atoms with Crippen molar-refractivity contribution in [1.82, 2.24) is 4.90 Å². The van der Waals surface area contributed by atoms with Crippen LogP contribution in [0, 0.1) is 5.82 Å². The van der Waals surface area contributed by atoms with Gasteiger partial charge in [0, 0.05) is 6.54 Å². The maximum atomic E-state index is 12.7. The number of likely N-dealkylation sites (tertiary alicyclic amines) is 1. The second-order valence-corrected chi connectivity index (χ2v) is 4.32. The maximum Gasteiger partial charge on any atom is 0.123 e. The lowest BCUT2D eigenvalue weighted by molar-refractivity contribution is 0.252. The highest BCUT2D eigenvalue weighted by Gasteiger charge is 2.07. The minimum atomic E-state index is -0.173. The van der Waals surface area contributed by atoms with Crippen molar-refractivity contribution in [3.8, 4) is 0 Å². The summed E-state index contributed by atoms with van der Waals surface area (Å²) >= 11 is 0. The summed E-state index contributed by atoms with van der Waals surface area (Å²) in [6.45, 7) is 3.44. The summed E-state index contributed by atoms with van der Waals surface area (Å²) < 4.78 is 12.7. The molecule has 0 N–H and O–H groups in total. The van der Waals surface area contributed by atoms with Gasteiger partial charge < -0.3 is 0 Å². The van der Waals surface area contributed by atoms with Crippen molar-refractivity contribution in [3.05, 3.63) is 41.7 Å². The zero-order valence-corrected chi connectivity index (χ0v) is 9.53. The van der Waals surface area contributed by atoms with Gasteiger partial charge in [-0.25, -0.2) is 4.39 Å². The predicted molar refractivity (Wildman–Crippen MR) is 65.7 cm³/mol. The van der Waals surface area contributed by atoms with Crippen molar-refractivity contribution < 1.29 is 4.39 Å². The molecule has 1 nitrogen and oxygen atoms in total. The third kappa shape index (κ3) is 3.46. The van der Waals surface area contributed by atoms with Crippen molar-refractivity contribution in [2.45, 2.75) is 19.3 Å². The van der Waals surface area contributed by atoms with E-state index in [0.717, 1.165) is 12.1 Å². The van der Waals surface area contributed by atoms with Crippen LogP contribution in [0.25, 0.3) is 6.08 Å². The van der Waals surface area contributed by atoms with Gasteiger partial charge in [0.1, 0.15) is 5.82 Å². The van der Waals surface area contributed by atoms with Crippen LogP contribution in [-0.4, -0.2) is 24.5 Å². The molecule has 1 aromatic carbocycles. The normalized spacial score (nSPS) is 18.1. The van der Waals surface area contributed by atoms with E-state index in [-0.39, 0.29) is 5.82 Å². The van der Waals surface area contributed by atoms with E-state index < -0.39 is 0 Å². The highest BCUT2D eigenvalue weighted by Crippen LogP contribution is 2.09. The summed E-state index contributed by atoms with van der Waals surface area (Å²) in [6, 6.07) is 6.62. The summed E-state index contributed by atoms with van der Waals surface area (Å²) in [7, 11) is 0. The summed E-state index contributed by atoms with van der Waals surface area (Å²) in [5.74, 6) is -0.173. The fraction of sp³-hybridized carbons (Fsp3) is 0.429. The van der Waals surface area contributed by atoms with Crippen LogP contribution in [-0.2, 0) is 0 Å². The first-order chi connectivity index (χ1) is 7.84. The number of rotatable bonds is 3. The third-order valence-electron chi connectivity index (χ3n) is 2.99. The molecule has 1 saturated heterocycles. The average Bonchev–Trinajstić information content (AvgIpc) is 2.33. The smallest absolute Gasteiger partial charge is 0.123 e. The van der Waals surface area contributed by atoms with Gasteiger partial charge in [-0.2, -0.15) is 0 Å². The Hall–Kier alpha value is -1.15. The Balaban J connectivity index is 1.82. The minimum absolute atomic E-state index is 0.173. The topological polar surface area (TPSA) is 3.24 Å². The van der Waals surface area contributed by atoms with Gasteiger partial charge in [0.25, 0.3) is 0 Å². The van der Waals surface area contributed by atoms with E-state index in [9.17, 15) is 4.39 Å². The molecular formula is C14H18FN. The van der Waals surface area contributed by atoms with E-state index in [1.165, 1.54) is 44.5 Å². The van der Waals surface area contributed by atoms with E-state index in [2.05, 4.69) is 17.1 Å². The maximum absolute atomic E-state index is 12.7. The molecule has 2 rings (SSSR count). The molecule has 1 aromatic rings. The fourth-order valence-electron chi connectivity index (χ4n) is 2.05. The lowest BCUT2D eigenvalue weighted by Gasteiger charge is -2.24. The highest BCUT2D eigenvalue weighted by molar-refractivity contribution is 5.48. The van der Waals surface area contributed by atoms with Crippen molar-refractivity contribution in [2.24, 2.45) is 0 Å². The van der Waals surface area contributed by atoms with Gasteiger partial charge >= 0.3 is 0 Å². The average molecular weight is 219 g/mol. The van der Waals surface area contributed by atoms with E-state index in [4.69, 9.17) is 0 Å². The van der Waals surface area contributed by atoms with Crippen LogP contribution >= 0.6 is 0 Å². The number of halogens is 1. The summed E-state index contributed by atoms with van der Waals surface area (Å²) in [4.78, 5) is 2.46. The lowest BCUT2D eigenvalue weighted by atomic mass is 10.1. The van der Waals surface area contributed by atoms with Crippen LogP contribution in [0.1, 0.15) is 24.8 Å². The standard InChI is InChI=1S/C14H18FN/c15-14-8-6-13(7-9-14)5-4-12-16-10-2-1-3-11-16/h4-9H,1-3,10-12H2. The zero-order chi connectivity index (χ0) is 11.2. The van der Waals surface area contributed by atoms with Crippen molar-refractivity contribution in [2.75, 3.05) is 19.6 Å². The van der Waals surface area contributed by atoms with Gasteiger partial charge in [0.2, 0.25) is 0 Å². The molecule has 1 heterocycles. The Morgan fingerprint density at radius 1 is 1.06 bits per heavy atom. The first kappa shape index (κ1) is 11.3. The van der Waals surface area contributed by atoms with Crippen molar-refractivity contribution in [3.63, 3.8) is 0 Å². The van der Waals surface area contributed by atoms with E-state index in [1.54, 1.807) is 0 Å². The van der Waals surface area contributed by atoms with Gasteiger partial charge in [-0.05, 0) is 43.6 Å². The second-order valence-electron chi connectivity index (χ2n) is 4.32. The van der Waals surface area contributed by atoms with Crippen LogP contribution in [0.4, 0.5) is 4.39 Å². The van der Waals surface area contributed by atoms with Crippen LogP contribution in [0.5, 0.6) is 0 Å². The molecule has 2 heteroatoms. The van der Waals surface area contributed by atoms with Gasteiger partial charge in [-0.1, -0.05) is 30.7 Å². The van der Waals surface area contributed by atoms with Crippen LogP contribution in [0.15, 0.2) is 30.3 Å². The minimum Gasteiger partial charge on any atom is -0.300 e. The van der Waals surface area contributed by atoms with E-state index in [0.29, 0.717) is 0 Å². The van der Waals surface area contributed by atoms with Crippen molar-refractivity contribution in [1.29, 1.82) is 0 Å². The third-order valence-corrected chi connectivity index (χ3v) is 2.99. The zero-order valence-electron chi connectivity index (χ0n) is 9.53. The summed E-state index contributed by atoms with van der Waals surface area (Å²) in [5.41, 5.74) is 1.07. The number of nitrogens with zero attached hydrogens (tertiary/aromatic N) is 1. The Kier molecular flexibility index (Phi) is 4.11. The lowest BCUT2D eigenvalue weighted by Crippen LogP contribution is -2.29. The van der Waals surface area contributed by atoms with E-state index in [1.807, 2.05) is 12.1 Å². The molecule has 0 unspecified atom stereocenters. The Morgan fingerprint density at radius 2 is 1.75 bits per heavy atom. The molecule has 1 fully saturated rings. The number of hydrogen-bond donors (Lipinski definition) is 0. The molecular weight excluding hydrogens is 201 g/mol. The molecule has 0 bridgehead atoms. The van der Waals surface area contributed by atoms with Gasteiger partial charge in [-0.15, -0.1) is 0 Å². The molecule has 0 amide bonds. The van der Waals surface area contributed by atoms with Gasteiger partial charge in [0.15, 0.2) is 0 Å². The highest BCUT2D eigenvalue weighted by atomic mass is 19.1. The van der Waals surface area contributed by atoms with Gasteiger partial charge in [0.05, 0.1) is 0 Å².